The molecule has 2 saturated carbocycles. The molecule has 4 aliphatic rings. The number of carbonyl (C=O) groups excluding carboxylic acids is 4. The van der Waals surface area contributed by atoms with Gasteiger partial charge in [0, 0.05) is 76.6 Å². The molecule has 0 bridgehead atoms. The van der Waals surface area contributed by atoms with Crippen LogP contribution in [0.1, 0.15) is 102 Å². The summed E-state index contributed by atoms with van der Waals surface area (Å²) in [6.07, 6.45) is 16.5. The maximum atomic E-state index is 12.8. The van der Waals surface area contributed by atoms with Gasteiger partial charge in [-0.3, -0.25) is 9.59 Å². The smallest absolute Gasteiger partial charge is 0.321 e. The minimum Gasteiger partial charge on any atom is -0.341 e. The number of amides is 6. The number of anilines is 2. The summed E-state index contributed by atoms with van der Waals surface area (Å²) in [5, 5.41) is 8.28. The number of aryl methyl sites for hydroxylation is 1. The third kappa shape index (κ3) is 12.2. The van der Waals surface area contributed by atoms with E-state index in [1.807, 2.05) is 80.3 Å². The molecule has 0 aromatic heterocycles. The number of benzene rings is 3. The number of hydrogen-bond acceptors (Lipinski definition) is 4. The van der Waals surface area contributed by atoms with Gasteiger partial charge in [0.15, 0.2) is 0 Å². The molecule has 0 spiro atoms. The highest BCUT2D eigenvalue weighted by atomic mass is 16.2. The molecule has 10 heteroatoms. The first-order valence-electron chi connectivity index (χ1n) is 21.6. The third-order valence-electron chi connectivity index (χ3n) is 12.3. The van der Waals surface area contributed by atoms with Crippen LogP contribution in [0.5, 0.6) is 0 Å². The fourth-order valence-corrected chi connectivity index (χ4v) is 8.77. The molecular formula is C46H64N6O4. The zero-order valence-corrected chi connectivity index (χ0v) is 33.7. The molecule has 2 heterocycles. The summed E-state index contributed by atoms with van der Waals surface area (Å²) in [5.41, 5.74) is 2.89. The first-order chi connectivity index (χ1) is 27.3. The lowest BCUT2D eigenvalue weighted by atomic mass is 9.86. The van der Waals surface area contributed by atoms with Crippen LogP contribution in [0, 0.1) is 11.8 Å². The van der Waals surface area contributed by atoms with Gasteiger partial charge in [0.05, 0.1) is 0 Å². The lowest BCUT2D eigenvalue weighted by Gasteiger charge is -2.26. The molecule has 0 atom stereocenters. The van der Waals surface area contributed by atoms with Crippen molar-refractivity contribution in [2.45, 2.75) is 103 Å². The minimum absolute atomic E-state index is 0.0687. The van der Waals surface area contributed by atoms with Crippen LogP contribution in [0.15, 0.2) is 66.7 Å². The van der Waals surface area contributed by atoms with Crippen LogP contribution < -0.4 is 10.6 Å². The normalized spacial score (nSPS) is 18.7. The zero-order chi connectivity index (χ0) is 39.1. The predicted molar refractivity (Wildman–Crippen MR) is 226 cm³/mol. The summed E-state index contributed by atoms with van der Waals surface area (Å²) in [6, 6.07) is 21.9. The summed E-state index contributed by atoms with van der Waals surface area (Å²) in [6.45, 7) is 7.51. The van der Waals surface area contributed by atoms with E-state index in [4.69, 9.17) is 0 Å². The molecule has 3 aromatic carbocycles. The Morgan fingerprint density at radius 3 is 1.46 bits per heavy atom. The standard InChI is InChI=1S/C24H31N3O2.C22H33N3O2/c28-23(17-19-7-2-1-3-8-19)26-13-6-14-27(16-15-26)24(29)25-22-12-11-20-9-4-5-10-21(20)18-22;1-2-18-9-11-20(12-10-18)23-22(27)25-14-6-13-24(15-16-25)21(26)17-19-7-4-3-5-8-19/h4-5,9-12,18-19H,1-3,6-8,13-17H2,(H,25,29);9-12,19H,2-8,13-17H2,1H3,(H,23,27). The van der Waals surface area contributed by atoms with E-state index in [1.54, 1.807) is 0 Å². The maximum Gasteiger partial charge on any atom is 0.321 e. The van der Waals surface area contributed by atoms with Gasteiger partial charge in [-0.25, -0.2) is 9.59 Å². The van der Waals surface area contributed by atoms with E-state index in [2.05, 4.69) is 23.6 Å². The summed E-state index contributed by atoms with van der Waals surface area (Å²) in [7, 11) is 0. The Hall–Kier alpha value is -4.60. The van der Waals surface area contributed by atoms with Gasteiger partial charge in [-0.05, 0) is 97.4 Å². The summed E-state index contributed by atoms with van der Waals surface area (Å²) in [5.74, 6) is 1.68. The number of nitrogens with zero attached hydrogens (tertiary/aromatic N) is 4. The second-order valence-corrected chi connectivity index (χ2v) is 16.3. The first-order valence-corrected chi connectivity index (χ1v) is 21.6. The Labute approximate surface area is 334 Å². The van der Waals surface area contributed by atoms with Crippen molar-refractivity contribution in [2.75, 3.05) is 63.0 Å². The van der Waals surface area contributed by atoms with E-state index in [0.717, 1.165) is 54.5 Å². The molecular weight excluding hydrogens is 701 g/mol. The van der Waals surface area contributed by atoms with Gasteiger partial charge in [0.2, 0.25) is 11.8 Å². The molecule has 10 nitrogen and oxygen atoms in total. The van der Waals surface area contributed by atoms with Crippen LogP contribution in [0.25, 0.3) is 10.8 Å². The number of carbonyl (C=O) groups is 4. The lowest BCUT2D eigenvalue weighted by Crippen LogP contribution is -2.39. The predicted octanol–water partition coefficient (Wildman–Crippen LogP) is 9.16. The highest BCUT2D eigenvalue weighted by molar-refractivity contribution is 5.93. The van der Waals surface area contributed by atoms with Crippen LogP contribution in [0.3, 0.4) is 0 Å². The topological polar surface area (TPSA) is 105 Å². The number of urea groups is 2. The van der Waals surface area contributed by atoms with Gasteiger partial charge in [-0.2, -0.15) is 0 Å². The Balaban J connectivity index is 0.000000190. The van der Waals surface area contributed by atoms with Gasteiger partial charge in [-0.15, -0.1) is 0 Å². The van der Waals surface area contributed by atoms with Gasteiger partial charge in [0.25, 0.3) is 0 Å². The molecule has 4 fully saturated rings. The van der Waals surface area contributed by atoms with Crippen LogP contribution in [0.2, 0.25) is 0 Å². The highest BCUT2D eigenvalue weighted by Crippen LogP contribution is 2.28. The lowest BCUT2D eigenvalue weighted by molar-refractivity contribution is -0.133. The van der Waals surface area contributed by atoms with Crippen molar-refractivity contribution >= 4 is 46.0 Å². The third-order valence-corrected chi connectivity index (χ3v) is 12.3. The van der Waals surface area contributed by atoms with Crippen molar-refractivity contribution in [2.24, 2.45) is 11.8 Å². The molecule has 0 unspecified atom stereocenters. The van der Waals surface area contributed by atoms with E-state index >= 15 is 0 Å². The van der Waals surface area contributed by atoms with Gasteiger partial charge < -0.3 is 30.2 Å². The molecule has 2 saturated heterocycles. The summed E-state index contributed by atoms with van der Waals surface area (Å²) >= 11 is 0. The molecule has 2 aliphatic carbocycles. The molecule has 2 N–H and O–H groups in total. The van der Waals surface area contributed by atoms with Crippen molar-refractivity contribution in [1.29, 1.82) is 0 Å². The van der Waals surface area contributed by atoms with Crippen LogP contribution >= 0.6 is 0 Å². The fourth-order valence-electron chi connectivity index (χ4n) is 8.77. The molecule has 0 radical (unpaired) electrons. The molecule has 56 heavy (non-hydrogen) atoms. The zero-order valence-electron chi connectivity index (χ0n) is 33.7. The number of rotatable bonds is 7. The molecule has 3 aromatic rings. The highest BCUT2D eigenvalue weighted by Gasteiger charge is 2.26. The average Bonchev–Trinajstić information content (AvgIpc) is 3.65. The molecule has 2 aliphatic heterocycles. The van der Waals surface area contributed by atoms with Crippen molar-refractivity contribution in [3.63, 3.8) is 0 Å². The van der Waals surface area contributed by atoms with Crippen LogP contribution in [-0.2, 0) is 16.0 Å². The van der Waals surface area contributed by atoms with E-state index in [-0.39, 0.29) is 23.9 Å². The first kappa shape index (κ1) is 41.0. The minimum atomic E-state index is -0.0816. The second-order valence-electron chi connectivity index (χ2n) is 16.3. The molecule has 302 valence electrons. The molecule has 6 amide bonds. The fraction of sp³-hybridized carbons (Fsp3) is 0.565. The number of fused-ring (bicyclic) bond motifs is 1. The monoisotopic (exact) mass is 764 g/mol. The van der Waals surface area contributed by atoms with Crippen molar-refractivity contribution < 1.29 is 19.2 Å². The van der Waals surface area contributed by atoms with Gasteiger partial charge in [0.1, 0.15) is 0 Å². The summed E-state index contributed by atoms with van der Waals surface area (Å²) < 4.78 is 0. The Morgan fingerprint density at radius 2 is 0.946 bits per heavy atom. The van der Waals surface area contributed by atoms with Gasteiger partial charge in [-0.1, -0.05) is 87.9 Å². The Kier molecular flexibility index (Phi) is 15.4. The summed E-state index contributed by atoms with van der Waals surface area (Å²) in [4.78, 5) is 58.3. The van der Waals surface area contributed by atoms with E-state index in [1.165, 1.54) is 69.8 Å². The van der Waals surface area contributed by atoms with Crippen molar-refractivity contribution in [1.82, 2.24) is 19.6 Å². The maximum absolute atomic E-state index is 12.8. The Bertz CT molecular complexity index is 1730. The van der Waals surface area contributed by atoms with Crippen LogP contribution in [-0.4, -0.2) is 95.8 Å². The van der Waals surface area contributed by atoms with E-state index in [9.17, 15) is 19.2 Å². The largest absolute Gasteiger partial charge is 0.341 e. The number of hydrogen-bond donors (Lipinski definition) is 2. The van der Waals surface area contributed by atoms with Crippen molar-refractivity contribution in [3.8, 4) is 0 Å². The average molecular weight is 765 g/mol. The van der Waals surface area contributed by atoms with Crippen LogP contribution in [0.4, 0.5) is 21.0 Å². The Morgan fingerprint density at radius 1 is 0.500 bits per heavy atom. The van der Waals surface area contributed by atoms with Gasteiger partial charge >= 0.3 is 12.1 Å². The second kappa shape index (κ2) is 21.1. The number of nitrogens with one attached hydrogen (secondary N) is 2. The quantitative estimate of drug-likeness (QED) is 0.250. The molecule has 7 rings (SSSR count). The van der Waals surface area contributed by atoms with Crippen molar-refractivity contribution in [3.05, 3.63) is 72.3 Å². The van der Waals surface area contributed by atoms with E-state index < -0.39 is 0 Å². The SMILES string of the molecule is CCc1ccc(NC(=O)N2CCCN(C(=O)CC3CCCCC3)CC2)cc1.O=C(CC1CCCCC1)N1CCCN(C(=O)Nc2ccc3ccccc3c2)CC1. The van der Waals surface area contributed by atoms with E-state index in [0.29, 0.717) is 63.9 Å².